The SMILES string of the molecule is CCCCCCOc1ccc(C(=O)NC(=S)Nc2cccc(Cl)c2Cl)cc1. The summed E-state index contributed by atoms with van der Waals surface area (Å²) in [4.78, 5) is 12.3. The molecule has 0 radical (unpaired) electrons. The van der Waals surface area contributed by atoms with Crippen LogP contribution in [-0.4, -0.2) is 17.6 Å². The number of thiocarbonyl (C=S) groups is 1. The average Bonchev–Trinajstić information content (AvgIpc) is 2.65. The van der Waals surface area contributed by atoms with Gasteiger partial charge in [0.2, 0.25) is 0 Å². The van der Waals surface area contributed by atoms with E-state index in [2.05, 4.69) is 17.6 Å². The van der Waals surface area contributed by atoms with E-state index < -0.39 is 0 Å². The zero-order chi connectivity index (χ0) is 19.6. The Kier molecular flexibility index (Phi) is 8.85. The first-order valence-electron chi connectivity index (χ1n) is 8.80. The van der Waals surface area contributed by atoms with Crippen LogP contribution in [0.1, 0.15) is 43.0 Å². The monoisotopic (exact) mass is 424 g/mol. The number of rotatable bonds is 8. The molecule has 0 aliphatic heterocycles. The van der Waals surface area contributed by atoms with Crippen molar-refractivity contribution in [1.82, 2.24) is 5.32 Å². The van der Waals surface area contributed by atoms with E-state index in [1.54, 1.807) is 42.5 Å². The van der Waals surface area contributed by atoms with Crippen molar-refractivity contribution < 1.29 is 9.53 Å². The van der Waals surface area contributed by atoms with Crippen LogP contribution in [0.5, 0.6) is 5.75 Å². The minimum absolute atomic E-state index is 0.139. The lowest BCUT2D eigenvalue weighted by molar-refractivity contribution is 0.0977. The molecule has 0 saturated heterocycles. The number of anilines is 1. The number of carbonyl (C=O) groups is 1. The number of hydrogen-bond donors (Lipinski definition) is 2. The number of benzene rings is 2. The van der Waals surface area contributed by atoms with Crippen molar-refractivity contribution in [3.05, 3.63) is 58.1 Å². The number of nitrogens with one attached hydrogen (secondary N) is 2. The first-order chi connectivity index (χ1) is 13.0. The summed E-state index contributed by atoms with van der Waals surface area (Å²) >= 11 is 17.2. The molecule has 2 rings (SSSR count). The highest BCUT2D eigenvalue weighted by Gasteiger charge is 2.10. The third kappa shape index (κ3) is 7.01. The van der Waals surface area contributed by atoms with E-state index in [9.17, 15) is 4.79 Å². The van der Waals surface area contributed by atoms with Crippen LogP contribution in [0.25, 0.3) is 0 Å². The van der Waals surface area contributed by atoms with Crippen LogP contribution in [0.3, 0.4) is 0 Å². The zero-order valence-corrected chi connectivity index (χ0v) is 17.4. The van der Waals surface area contributed by atoms with Gasteiger partial charge in [-0.15, -0.1) is 0 Å². The maximum atomic E-state index is 12.3. The van der Waals surface area contributed by atoms with Crippen molar-refractivity contribution in [3.63, 3.8) is 0 Å². The van der Waals surface area contributed by atoms with E-state index in [-0.39, 0.29) is 11.0 Å². The smallest absolute Gasteiger partial charge is 0.257 e. The highest BCUT2D eigenvalue weighted by molar-refractivity contribution is 7.80. The second-order valence-electron chi connectivity index (χ2n) is 5.94. The van der Waals surface area contributed by atoms with E-state index >= 15 is 0 Å². The third-order valence-electron chi connectivity index (χ3n) is 3.81. The van der Waals surface area contributed by atoms with Gasteiger partial charge in [0.05, 0.1) is 22.3 Å². The van der Waals surface area contributed by atoms with Gasteiger partial charge in [0, 0.05) is 5.56 Å². The Bertz CT molecular complexity index is 782. The number of amides is 1. The van der Waals surface area contributed by atoms with E-state index in [0.29, 0.717) is 27.9 Å². The Balaban J connectivity index is 1.84. The summed E-state index contributed by atoms with van der Waals surface area (Å²) < 4.78 is 5.67. The molecular formula is C20H22Cl2N2O2S. The summed E-state index contributed by atoms with van der Waals surface area (Å²) in [7, 11) is 0. The minimum Gasteiger partial charge on any atom is -0.494 e. The van der Waals surface area contributed by atoms with Gasteiger partial charge in [-0.1, -0.05) is 55.5 Å². The van der Waals surface area contributed by atoms with Gasteiger partial charge in [-0.05, 0) is 55.0 Å². The molecule has 2 aromatic rings. The van der Waals surface area contributed by atoms with Crippen molar-refractivity contribution in [2.24, 2.45) is 0 Å². The predicted molar refractivity (Wildman–Crippen MR) is 116 cm³/mol. The van der Waals surface area contributed by atoms with E-state index in [1.807, 2.05) is 0 Å². The van der Waals surface area contributed by atoms with Crippen molar-refractivity contribution in [3.8, 4) is 5.75 Å². The molecule has 0 aliphatic carbocycles. The van der Waals surface area contributed by atoms with Crippen molar-refractivity contribution in [1.29, 1.82) is 0 Å². The summed E-state index contributed by atoms with van der Waals surface area (Å²) in [6, 6.07) is 12.1. The summed E-state index contributed by atoms with van der Waals surface area (Å²) in [6.45, 7) is 2.86. The molecule has 1 amide bonds. The molecule has 0 bridgehead atoms. The molecule has 7 heteroatoms. The third-order valence-corrected chi connectivity index (χ3v) is 4.83. The molecule has 144 valence electrons. The van der Waals surface area contributed by atoms with Crippen LogP contribution in [0.2, 0.25) is 10.0 Å². The fraction of sp³-hybridized carbons (Fsp3) is 0.300. The Labute approximate surface area is 175 Å². The van der Waals surface area contributed by atoms with Crippen LogP contribution < -0.4 is 15.4 Å². The second kappa shape index (κ2) is 11.1. The largest absolute Gasteiger partial charge is 0.494 e. The van der Waals surface area contributed by atoms with Crippen LogP contribution in [0.4, 0.5) is 5.69 Å². The first kappa shape index (κ1) is 21.5. The molecule has 0 atom stereocenters. The Morgan fingerprint density at radius 1 is 1.07 bits per heavy atom. The van der Waals surface area contributed by atoms with Gasteiger partial charge in [-0.2, -0.15) is 0 Å². The van der Waals surface area contributed by atoms with Gasteiger partial charge in [0.1, 0.15) is 5.75 Å². The lowest BCUT2D eigenvalue weighted by Crippen LogP contribution is -2.34. The van der Waals surface area contributed by atoms with Gasteiger partial charge >= 0.3 is 0 Å². The Morgan fingerprint density at radius 2 is 1.81 bits per heavy atom. The number of halogens is 2. The molecule has 0 heterocycles. The van der Waals surface area contributed by atoms with Crippen LogP contribution in [0, 0.1) is 0 Å². The molecule has 2 aromatic carbocycles. The van der Waals surface area contributed by atoms with Gasteiger partial charge in [0.15, 0.2) is 5.11 Å². The Hall–Kier alpha value is -1.82. The summed E-state index contributed by atoms with van der Waals surface area (Å²) in [5.41, 5.74) is 1.01. The van der Waals surface area contributed by atoms with Gasteiger partial charge in [-0.25, -0.2) is 0 Å². The van der Waals surface area contributed by atoms with Gasteiger partial charge in [-0.3, -0.25) is 10.1 Å². The van der Waals surface area contributed by atoms with Crippen LogP contribution in [0.15, 0.2) is 42.5 Å². The predicted octanol–water partition coefficient (Wildman–Crippen LogP) is 6.08. The van der Waals surface area contributed by atoms with Crippen molar-refractivity contribution in [2.75, 3.05) is 11.9 Å². The van der Waals surface area contributed by atoms with Gasteiger partial charge < -0.3 is 10.1 Å². The zero-order valence-electron chi connectivity index (χ0n) is 15.1. The van der Waals surface area contributed by atoms with Crippen molar-refractivity contribution in [2.45, 2.75) is 32.6 Å². The number of hydrogen-bond acceptors (Lipinski definition) is 3. The standard InChI is InChI=1S/C20H22Cl2N2O2S/c1-2-3-4-5-13-26-15-11-9-14(10-12-15)19(25)24-20(27)23-17-8-6-7-16(21)18(17)22/h6-12H,2-5,13H2,1H3,(H2,23,24,25,27). The molecular weight excluding hydrogens is 403 g/mol. The molecule has 4 nitrogen and oxygen atoms in total. The second-order valence-corrected chi connectivity index (χ2v) is 7.14. The number of ether oxygens (including phenoxy) is 1. The lowest BCUT2D eigenvalue weighted by atomic mass is 10.2. The van der Waals surface area contributed by atoms with E-state index in [4.69, 9.17) is 40.2 Å². The van der Waals surface area contributed by atoms with E-state index in [0.717, 1.165) is 18.6 Å². The normalized spacial score (nSPS) is 10.3. The summed E-state index contributed by atoms with van der Waals surface area (Å²) in [5, 5.41) is 6.37. The summed E-state index contributed by atoms with van der Waals surface area (Å²) in [5.74, 6) is 0.426. The molecule has 0 aliphatic rings. The quantitative estimate of drug-likeness (QED) is 0.398. The molecule has 0 saturated carbocycles. The Morgan fingerprint density at radius 3 is 2.52 bits per heavy atom. The fourth-order valence-corrected chi connectivity index (χ4v) is 2.90. The van der Waals surface area contributed by atoms with Gasteiger partial charge in [0.25, 0.3) is 5.91 Å². The molecule has 2 N–H and O–H groups in total. The highest BCUT2D eigenvalue weighted by Crippen LogP contribution is 2.29. The molecule has 0 aromatic heterocycles. The number of carbonyl (C=O) groups excluding carboxylic acids is 1. The topological polar surface area (TPSA) is 50.4 Å². The molecule has 0 unspecified atom stereocenters. The first-order valence-corrected chi connectivity index (χ1v) is 9.97. The lowest BCUT2D eigenvalue weighted by Gasteiger charge is -2.12. The highest BCUT2D eigenvalue weighted by atomic mass is 35.5. The molecule has 27 heavy (non-hydrogen) atoms. The molecule has 0 fully saturated rings. The van der Waals surface area contributed by atoms with E-state index in [1.165, 1.54) is 12.8 Å². The average molecular weight is 425 g/mol. The van der Waals surface area contributed by atoms with Crippen LogP contribution >= 0.6 is 35.4 Å². The maximum absolute atomic E-state index is 12.3. The summed E-state index contributed by atoms with van der Waals surface area (Å²) in [6.07, 6.45) is 4.61. The maximum Gasteiger partial charge on any atom is 0.257 e. The van der Waals surface area contributed by atoms with Crippen molar-refractivity contribution >= 4 is 52.1 Å². The molecule has 0 spiro atoms. The minimum atomic E-state index is -0.319. The van der Waals surface area contributed by atoms with Crippen LogP contribution in [-0.2, 0) is 0 Å². The number of unbranched alkanes of at least 4 members (excludes halogenated alkanes) is 3. The fourth-order valence-electron chi connectivity index (χ4n) is 2.35.